The highest BCUT2D eigenvalue weighted by atomic mass is 19.1. The number of hydrogen-bond donors (Lipinski definition) is 0. The molecular formula is C20H25F2N5. The standard InChI is InChI=1S/C20H25F2N5/c21-17-5-4-16(18(22)14-17)15-25-10-12-27(13-11-25)20-7-6-19(23-24-20)26-8-2-1-3-9-26/h4-7,14H,1-3,8-13,15H2. The molecule has 0 aliphatic carbocycles. The third kappa shape index (κ3) is 4.35. The van der Waals surface area contributed by atoms with E-state index >= 15 is 0 Å². The van der Waals surface area contributed by atoms with E-state index in [0.29, 0.717) is 12.1 Å². The molecule has 4 rings (SSSR count). The Labute approximate surface area is 158 Å². The highest BCUT2D eigenvalue weighted by Gasteiger charge is 2.20. The smallest absolute Gasteiger partial charge is 0.151 e. The van der Waals surface area contributed by atoms with E-state index in [4.69, 9.17) is 0 Å². The van der Waals surface area contributed by atoms with Crippen LogP contribution in [0, 0.1) is 11.6 Å². The van der Waals surface area contributed by atoms with Crippen molar-refractivity contribution in [2.24, 2.45) is 0 Å². The zero-order valence-corrected chi connectivity index (χ0v) is 15.4. The van der Waals surface area contributed by atoms with E-state index in [1.54, 1.807) is 0 Å². The van der Waals surface area contributed by atoms with E-state index in [0.717, 1.165) is 57.0 Å². The highest BCUT2D eigenvalue weighted by molar-refractivity contribution is 5.45. The number of rotatable bonds is 4. The SMILES string of the molecule is Fc1ccc(CN2CCN(c3ccc(N4CCCCC4)nn3)CC2)c(F)c1. The van der Waals surface area contributed by atoms with Crippen molar-refractivity contribution in [2.45, 2.75) is 25.8 Å². The molecule has 2 aliphatic heterocycles. The fourth-order valence-electron chi connectivity index (χ4n) is 3.80. The topological polar surface area (TPSA) is 35.5 Å². The van der Waals surface area contributed by atoms with E-state index in [9.17, 15) is 8.78 Å². The molecule has 0 radical (unpaired) electrons. The Kier molecular flexibility index (Phi) is 5.48. The van der Waals surface area contributed by atoms with Crippen LogP contribution in [0.5, 0.6) is 0 Å². The van der Waals surface area contributed by atoms with Gasteiger partial charge in [0.1, 0.15) is 11.6 Å². The molecule has 5 nitrogen and oxygen atoms in total. The Morgan fingerprint density at radius 3 is 1.96 bits per heavy atom. The lowest BCUT2D eigenvalue weighted by Gasteiger charge is -2.35. The van der Waals surface area contributed by atoms with Gasteiger partial charge in [-0.05, 0) is 37.5 Å². The summed E-state index contributed by atoms with van der Waals surface area (Å²) in [5.41, 5.74) is 0.538. The largest absolute Gasteiger partial charge is 0.355 e. The Morgan fingerprint density at radius 1 is 0.741 bits per heavy atom. The minimum atomic E-state index is -0.535. The fraction of sp³-hybridized carbons (Fsp3) is 0.500. The summed E-state index contributed by atoms with van der Waals surface area (Å²) in [6, 6.07) is 7.90. The maximum absolute atomic E-state index is 13.8. The van der Waals surface area contributed by atoms with Crippen LogP contribution in [-0.4, -0.2) is 54.4 Å². The first-order valence-electron chi connectivity index (χ1n) is 9.69. The van der Waals surface area contributed by atoms with E-state index in [-0.39, 0.29) is 0 Å². The second-order valence-corrected chi connectivity index (χ2v) is 7.30. The van der Waals surface area contributed by atoms with Gasteiger partial charge in [-0.15, -0.1) is 10.2 Å². The highest BCUT2D eigenvalue weighted by Crippen LogP contribution is 2.20. The first kappa shape index (κ1) is 18.1. The molecule has 2 fully saturated rings. The number of anilines is 2. The average molecular weight is 373 g/mol. The summed E-state index contributed by atoms with van der Waals surface area (Å²) < 4.78 is 26.9. The van der Waals surface area contributed by atoms with Gasteiger partial charge in [0, 0.05) is 57.4 Å². The number of piperidine rings is 1. The average Bonchev–Trinajstić information content (AvgIpc) is 2.71. The second kappa shape index (κ2) is 8.17. The molecule has 0 N–H and O–H groups in total. The third-order valence-electron chi connectivity index (χ3n) is 5.42. The first-order chi connectivity index (χ1) is 13.2. The molecule has 0 unspecified atom stereocenters. The monoisotopic (exact) mass is 373 g/mol. The van der Waals surface area contributed by atoms with E-state index in [2.05, 4.69) is 31.0 Å². The van der Waals surface area contributed by atoms with Gasteiger partial charge < -0.3 is 9.80 Å². The van der Waals surface area contributed by atoms with Crippen LogP contribution in [0.25, 0.3) is 0 Å². The molecule has 3 heterocycles. The maximum Gasteiger partial charge on any atom is 0.151 e. The molecule has 0 amide bonds. The molecule has 144 valence electrons. The molecule has 7 heteroatoms. The van der Waals surface area contributed by atoms with Crippen LogP contribution in [0.4, 0.5) is 20.4 Å². The van der Waals surface area contributed by atoms with Crippen molar-refractivity contribution in [3.8, 4) is 0 Å². The number of benzene rings is 1. The Hall–Kier alpha value is -2.28. The van der Waals surface area contributed by atoms with Gasteiger partial charge in [0.25, 0.3) is 0 Å². The van der Waals surface area contributed by atoms with Crippen LogP contribution >= 0.6 is 0 Å². The molecular weight excluding hydrogens is 348 g/mol. The van der Waals surface area contributed by atoms with Crippen molar-refractivity contribution in [1.29, 1.82) is 0 Å². The van der Waals surface area contributed by atoms with Crippen molar-refractivity contribution < 1.29 is 8.78 Å². The zero-order valence-electron chi connectivity index (χ0n) is 15.4. The van der Waals surface area contributed by atoms with Crippen molar-refractivity contribution in [1.82, 2.24) is 15.1 Å². The summed E-state index contributed by atoms with van der Waals surface area (Å²) in [5, 5.41) is 8.84. The van der Waals surface area contributed by atoms with Gasteiger partial charge in [0.05, 0.1) is 0 Å². The van der Waals surface area contributed by atoms with Gasteiger partial charge in [-0.3, -0.25) is 4.90 Å². The second-order valence-electron chi connectivity index (χ2n) is 7.30. The van der Waals surface area contributed by atoms with E-state index < -0.39 is 11.6 Å². The first-order valence-corrected chi connectivity index (χ1v) is 9.69. The van der Waals surface area contributed by atoms with Crippen LogP contribution < -0.4 is 9.80 Å². The third-order valence-corrected chi connectivity index (χ3v) is 5.42. The zero-order chi connectivity index (χ0) is 18.6. The maximum atomic E-state index is 13.8. The number of hydrogen-bond acceptors (Lipinski definition) is 5. The number of halogens is 2. The van der Waals surface area contributed by atoms with Gasteiger partial charge in [-0.2, -0.15) is 0 Å². The van der Waals surface area contributed by atoms with Crippen LogP contribution in [0.1, 0.15) is 24.8 Å². The molecule has 2 aromatic rings. The summed E-state index contributed by atoms with van der Waals surface area (Å²) in [7, 11) is 0. The van der Waals surface area contributed by atoms with E-state index in [1.165, 1.54) is 31.4 Å². The number of aromatic nitrogens is 2. The van der Waals surface area contributed by atoms with Crippen molar-refractivity contribution in [3.63, 3.8) is 0 Å². The van der Waals surface area contributed by atoms with Crippen molar-refractivity contribution >= 4 is 11.6 Å². The molecule has 2 aliphatic rings. The molecule has 1 aromatic heterocycles. The predicted molar refractivity (Wildman–Crippen MR) is 102 cm³/mol. The van der Waals surface area contributed by atoms with Gasteiger partial charge in [-0.25, -0.2) is 8.78 Å². The summed E-state index contributed by atoms with van der Waals surface area (Å²) in [6.45, 7) is 5.89. The quantitative estimate of drug-likeness (QED) is 0.823. The predicted octanol–water partition coefficient (Wildman–Crippen LogP) is 3.07. The summed E-state index contributed by atoms with van der Waals surface area (Å²) >= 11 is 0. The minimum Gasteiger partial charge on any atom is -0.355 e. The fourth-order valence-corrected chi connectivity index (χ4v) is 3.80. The Bertz CT molecular complexity index is 753. The van der Waals surface area contributed by atoms with Gasteiger partial charge >= 0.3 is 0 Å². The van der Waals surface area contributed by atoms with Crippen molar-refractivity contribution in [2.75, 3.05) is 49.1 Å². The lowest BCUT2D eigenvalue weighted by Crippen LogP contribution is -2.46. The number of piperazine rings is 1. The molecule has 0 spiro atoms. The summed E-state index contributed by atoms with van der Waals surface area (Å²) in [6.07, 6.45) is 3.74. The van der Waals surface area contributed by atoms with Crippen LogP contribution in [0.2, 0.25) is 0 Å². The normalized spacial score (nSPS) is 18.7. The minimum absolute atomic E-state index is 0.475. The number of nitrogens with zero attached hydrogens (tertiary/aromatic N) is 5. The Balaban J connectivity index is 1.32. The summed E-state index contributed by atoms with van der Waals surface area (Å²) in [4.78, 5) is 6.70. The van der Waals surface area contributed by atoms with Gasteiger partial charge in [0.15, 0.2) is 11.6 Å². The molecule has 27 heavy (non-hydrogen) atoms. The van der Waals surface area contributed by atoms with Crippen LogP contribution in [0.3, 0.4) is 0 Å². The van der Waals surface area contributed by atoms with Crippen LogP contribution in [-0.2, 0) is 6.54 Å². The lowest BCUT2D eigenvalue weighted by molar-refractivity contribution is 0.246. The summed E-state index contributed by atoms with van der Waals surface area (Å²) in [5.74, 6) is 0.844. The molecule has 1 aromatic carbocycles. The lowest BCUT2D eigenvalue weighted by atomic mass is 10.1. The van der Waals surface area contributed by atoms with Gasteiger partial charge in [-0.1, -0.05) is 6.07 Å². The van der Waals surface area contributed by atoms with Gasteiger partial charge in [0.2, 0.25) is 0 Å². The molecule has 0 bridgehead atoms. The Morgan fingerprint density at radius 2 is 1.37 bits per heavy atom. The molecule has 0 saturated carbocycles. The van der Waals surface area contributed by atoms with Crippen molar-refractivity contribution in [3.05, 3.63) is 47.5 Å². The van der Waals surface area contributed by atoms with Crippen LogP contribution in [0.15, 0.2) is 30.3 Å². The molecule has 2 saturated heterocycles. The van der Waals surface area contributed by atoms with E-state index in [1.807, 2.05) is 6.07 Å². The molecule has 0 atom stereocenters.